The fourth-order valence-corrected chi connectivity index (χ4v) is 1.07. The minimum absolute atomic E-state index is 0.300. The van der Waals surface area contributed by atoms with Crippen molar-refractivity contribution in [2.45, 2.75) is 26.3 Å². The van der Waals surface area contributed by atoms with E-state index in [1.807, 2.05) is 13.0 Å². The van der Waals surface area contributed by atoms with Crippen molar-refractivity contribution < 1.29 is 0 Å². The average molecular weight is 180 g/mol. The molecule has 1 unspecified atom stereocenters. The third-order valence-electron chi connectivity index (χ3n) is 1.91. The van der Waals surface area contributed by atoms with Gasteiger partial charge in [-0.2, -0.15) is 0 Å². The number of nitrogens with one attached hydrogen (secondary N) is 1. The van der Waals surface area contributed by atoms with Crippen LogP contribution >= 0.6 is 0 Å². The maximum Gasteiger partial charge on any atom is 0.129 e. The fourth-order valence-electron chi connectivity index (χ4n) is 1.07. The molecule has 1 atom stereocenters. The normalized spacial score (nSPS) is 12.5. The molecule has 72 valence electrons. The lowest BCUT2D eigenvalue weighted by Crippen LogP contribution is -2.28. The van der Waals surface area contributed by atoms with Crippen LogP contribution in [0.25, 0.3) is 0 Å². The van der Waals surface area contributed by atoms with Crippen molar-refractivity contribution in [3.63, 3.8) is 0 Å². The molecule has 0 aliphatic rings. The Morgan fingerprint density at radius 2 is 2.38 bits per heavy atom. The molecule has 0 fully saturated rings. The zero-order valence-corrected chi connectivity index (χ0v) is 8.12. The van der Waals surface area contributed by atoms with Crippen LogP contribution in [0, 0.1) is 6.92 Å². The smallest absolute Gasteiger partial charge is 0.129 e. The minimum atomic E-state index is 0.300. The molecule has 0 bridgehead atoms. The Hall–Kier alpha value is -1.16. The highest BCUT2D eigenvalue weighted by Crippen LogP contribution is 2.04. The van der Waals surface area contributed by atoms with E-state index < -0.39 is 0 Å². The van der Waals surface area contributed by atoms with E-state index in [1.54, 1.807) is 6.20 Å². The highest BCUT2D eigenvalue weighted by atomic mass is 15.0. The third kappa shape index (κ3) is 2.99. The lowest BCUT2D eigenvalue weighted by molar-refractivity contribution is 0.699. The van der Waals surface area contributed by atoms with Gasteiger partial charge in [0.25, 0.3) is 0 Å². The van der Waals surface area contributed by atoms with Crippen LogP contribution in [-0.4, -0.2) is 22.6 Å². The number of nitrogens with zero attached hydrogens (tertiary/aromatic N) is 2. The van der Waals surface area contributed by atoms with Gasteiger partial charge in [0.1, 0.15) is 11.6 Å². The van der Waals surface area contributed by atoms with Crippen LogP contribution in [0.1, 0.15) is 19.2 Å². The molecule has 4 heteroatoms. The molecule has 0 aromatic carbocycles. The van der Waals surface area contributed by atoms with Gasteiger partial charge in [-0.25, -0.2) is 9.97 Å². The molecule has 1 heterocycles. The zero-order chi connectivity index (χ0) is 9.68. The van der Waals surface area contributed by atoms with E-state index in [4.69, 9.17) is 5.73 Å². The van der Waals surface area contributed by atoms with Crippen molar-refractivity contribution in [2.24, 2.45) is 5.73 Å². The number of rotatable bonds is 4. The first-order chi connectivity index (χ1) is 6.26. The lowest BCUT2D eigenvalue weighted by Gasteiger charge is -2.14. The Balaban J connectivity index is 2.62. The molecule has 1 aromatic rings. The molecule has 0 aliphatic heterocycles. The van der Waals surface area contributed by atoms with Crippen molar-refractivity contribution in [1.29, 1.82) is 0 Å². The zero-order valence-electron chi connectivity index (χ0n) is 8.12. The van der Waals surface area contributed by atoms with Gasteiger partial charge in [-0.15, -0.1) is 0 Å². The van der Waals surface area contributed by atoms with Crippen LogP contribution in [0.5, 0.6) is 0 Å². The van der Waals surface area contributed by atoms with E-state index in [2.05, 4.69) is 22.2 Å². The SMILES string of the molecule is CCC(CN)Nc1ccnc(C)n1. The Labute approximate surface area is 78.6 Å². The summed E-state index contributed by atoms with van der Waals surface area (Å²) in [4.78, 5) is 8.25. The summed E-state index contributed by atoms with van der Waals surface area (Å²) in [7, 11) is 0. The van der Waals surface area contributed by atoms with Crippen LogP contribution in [0.2, 0.25) is 0 Å². The summed E-state index contributed by atoms with van der Waals surface area (Å²) in [6, 6.07) is 2.15. The second kappa shape index (κ2) is 4.77. The van der Waals surface area contributed by atoms with Crippen LogP contribution in [-0.2, 0) is 0 Å². The molecule has 4 nitrogen and oxygen atoms in total. The number of hydrogen-bond acceptors (Lipinski definition) is 4. The molecule has 1 aromatic heterocycles. The molecular formula is C9H16N4. The van der Waals surface area contributed by atoms with Gasteiger partial charge in [-0.1, -0.05) is 6.92 Å². The Morgan fingerprint density at radius 1 is 1.62 bits per heavy atom. The summed E-state index contributed by atoms with van der Waals surface area (Å²) in [5.41, 5.74) is 5.56. The third-order valence-corrected chi connectivity index (χ3v) is 1.91. The lowest BCUT2D eigenvalue weighted by atomic mass is 10.2. The maximum absolute atomic E-state index is 5.56. The molecule has 0 aliphatic carbocycles. The molecule has 13 heavy (non-hydrogen) atoms. The monoisotopic (exact) mass is 180 g/mol. The summed E-state index contributed by atoms with van der Waals surface area (Å²) in [6.07, 6.45) is 2.74. The Bertz CT molecular complexity index is 258. The van der Waals surface area contributed by atoms with Crippen LogP contribution in [0.3, 0.4) is 0 Å². The predicted molar refractivity (Wildman–Crippen MR) is 53.5 cm³/mol. The Kier molecular flexibility index (Phi) is 3.64. The van der Waals surface area contributed by atoms with Gasteiger partial charge in [0.2, 0.25) is 0 Å². The van der Waals surface area contributed by atoms with Gasteiger partial charge in [0, 0.05) is 18.8 Å². The highest BCUT2D eigenvalue weighted by Gasteiger charge is 2.03. The molecule has 3 N–H and O–H groups in total. The topological polar surface area (TPSA) is 63.8 Å². The second-order valence-corrected chi connectivity index (χ2v) is 2.97. The fraction of sp³-hybridized carbons (Fsp3) is 0.556. The first-order valence-corrected chi connectivity index (χ1v) is 4.52. The van der Waals surface area contributed by atoms with Crippen LogP contribution < -0.4 is 11.1 Å². The molecule has 0 amide bonds. The minimum Gasteiger partial charge on any atom is -0.366 e. The van der Waals surface area contributed by atoms with Crippen molar-refractivity contribution in [1.82, 2.24) is 9.97 Å². The Morgan fingerprint density at radius 3 is 2.92 bits per heavy atom. The van der Waals surface area contributed by atoms with Gasteiger partial charge < -0.3 is 11.1 Å². The van der Waals surface area contributed by atoms with Gasteiger partial charge >= 0.3 is 0 Å². The molecule has 0 saturated heterocycles. The second-order valence-electron chi connectivity index (χ2n) is 2.97. The first-order valence-electron chi connectivity index (χ1n) is 4.52. The van der Waals surface area contributed by atoms with E-state index in [0.717, 1.165) is 18.1 Å². The number of aryl methyl sites for hydroxylation is 1. The van der Waals surface area contributed by atoms with Crippen LogP contribution in [0.4, 0.5) is 5.82 Å². The molecule has 0 saturated carbocycles. The van der Waals surface area contributed by atoms with Gasteiger partial charge in [0.05, 0.1) is 0 Å². The highest BCUT2D eigenvalue weighted by molar-refractivity contribution is 5.34. The first kappa shape index (κ1) is 9.92. The quantitative estimate of drug-likeness (QED) is 0.723. The van der Waals surface area contributed by atoms with E-state index >= 15 is 0 Å². The van der Waals surface area contributed by atoms with Gasteiger partial charge in [0.15, 0.2) is 0 Å². The van der Waals surface area contributed by atoms with E-state index in [0.29, 0.717) is 12.6 Å². The van der Waals surface area contributed by atoms with Gasteiger partial charge in [-0.05, 0) is 19.4 Å². The van der Waals surface area contributed by atoms with Crippen molar-refractivity contribution in [2.75, 3.05) is 11.9 Å². The van der Waals surface area contributed by atoms with Gasteiger partial charge in [-0.3, -0.25) is 0 Å². The van der Waals surface area contributed by atoms with Crippen molar-refractivity contribution >= 4 is 5.82 Å². The summed E-state index contributed by atoms with van der Waals surface area (Å²) in [6.45, 7) is 4.59. The molecule has 1 rings (SSSR count). The van der Waals surface area contributed by atoms with Crippen LogP contribution in [0.15, 0.2) is 12.3 Å². The number of anilines is 1. The largest absolute Gasteiger partial charge is 0.366 e. The summed E-state index contributed by atoms with van der Waals surface area (Å²) in [5.74, 6) is 1.63. The molecule has 0 radical (unpaired) electrons. The predicted octanol–water partition coefficient (Wildman–Crippen LogP) is 0.934. The van der Waals surface area contributed by atoms with E-state index in [9.17, 15) is 0 Å². The number of aromatic nitrogens is 2. The summed E-state index contributed by atoms with van der Waals surface area (Å²) in [5, 5.41) is 3.24. The average Bonchev–Trinajstić information content (AvgIpc) is 2.14. The van der Waals surface area contributed by atoms with E-state index in [-0.39, 0.29) is 0 Å². The molecular weight excluding hydrogens is 164 g/mol. The maximum atomic E-state index is 5.56. The van der Waals surface area contributed by atoms with Crippen molar-refractivity contribution in [3.8, 4) is 0 Å². The summed E-state index contributed by atoms with van der Waals surface area (Å²) >= 11 is 0. The standard InChI is InChI=1S/C9H16N4/c1-3-8(6-10)13-9-4-5-11-7(2)12-9/h4-5,8H,3,6,10H2,1-2H3,(H,11,12,13). The van der Waals surface area contributed by atoms with E-state index in [1.165, 1.54) is 0 Å². The summed E-state index contributed by atoms with van der Waals surface area (Å²) < 4.78 is 0. The number of nitrogens with two attached hydrogens (primary N) is 1. The molecule has 0 spiro atoms. The number of hydrogen-bond donors (Lipinski definition) is 2. The van der Waals surface area contributed by atoms with Crippen molar-refractivity contribution in [3.05, 3.63) is 18.1 Å².